The Morgan fingerprint density at radius 3 is 2.53 bits per heavy atom. The van der Waals surface area contributed by atoms with E-state index in [1.165, 1.54) is 0 Å². The smallest absolute Gasteiger partial charge is 0.241 e. The highest BCUT2D eigenvalue weighted by molar-refractivity contribution is 7.89. The van der Waals surface area contributed by atoms with Gasteiger partial charge in [-0.3, -0.25) is 0 Å². The average molecular weight is 303 g/mol. The number of aryl methyl sites for hydroxylation is 1. The third kappa shape index (κ3) is 3.48. The number of hydrogen-bond donors (Lipinski definition) is 2. The van der Waals surface area contributed by atoms with Crippen LogP contribution in [0.1, 0.15) is 25.3 Å². The van der Waals surface area contributed by atoms with Gasteiger partial charge < -0.3 is 5.32 Å². The summed E-state index contributed by atoms with van der Waals surface area (Å²) in [5.41, 5.74) is 0.286. The number of rotatable bonds is 3. The fourth-order valence-electron chi connectivity index (χ4n) is 2.37. The van der Waals surface area contributed by atoms with Crippen molar-refractivity contribution >= 4 is 21.6 Å². The van der Waals surface area contributed by atoms with Gasteiger partial charge in [-0.15, -0.1) is 0 Å². The minimum Gasteiger partial charge on any atom is -0.317 e. The molecule has 6 heteroatoms. The molecule has 1 aromatic rings. The average Bonchev–Trinajstić information content (AvgIpc) is 2.27. The van der Waals surface area contributed by atoms with E-state index >= 15 is 0 Å². The van der Waals surface area contributed by atoms with Crippen molar-refractivity contribution in [3.8, 4) is 0 Å². The van der Waals surface area contributed by atoms with Gasteiger partial charge in [-0.25, -0.2) is 13.1 Å². The van der Waals surface area contributed by atoms with Gasteiger partial charge in [0.2, 0.25) is 10.0 Å². The van der Waals surface area contributed by atoms with E-state index in [1.54, 1.807) is 25.1 Å². The molecule has 0 aliphatic carbocycles. The van der Waals surface area contributed by atoms with Crippen LogP contribution in [-0.4, -0.2) is 27.0 Å². The molecule has 0 unspecified atom stereocenters. The maximum absolute atomic E-state index is 12.5. The molecule has 106 valence electrons. The van der Waals surface area contributed by atoms with Crippen LogP contribution in [0.4, 0.5) is 0 Å². The molecule has 2 rings (SSSR count). The summed E-state index contributed by atoms with van der Waals surface area (Å²) in [6, 6.07) is 4.83. The molecule has 1 fully saturated rings. The number of hydrogen-bond acceptors (Lipinski definition) is 3. The molecule has 0 radical (unpaired) electrons. The number of nitrogens with one attached hydrogen (secondary N) is 2. The van der Waals surface area contributed by atoms with E-state index in [9.17, 15) is 8.42 Å². The van der Waals surface area contributed by atoms with Gasteiger partial charge in [0, 0.05) is 10.6 Å². The minimum absolute atomic E-state index is 0.302. The Balaban J connectivity index is 2.27. The number of benzene rings is 1. The van der Waals surface area contributed by atoms with Gasteiger partial charge >= 0.3 is 0 Å². The fraction of sp³-hybridized carbons (Fsp3) is 0.538. The SMILES string of the molecule is Cc1cc(Cl)ccc1S(=O)(=O)NC1(C)CCNCC1. The van der Waals surface area contributed by atoms with Crippen LogP contribution in [0.2, 0.25) is 5.02 Å². The predicted octanol–water partition coefficient (Wildman–Crippen LogP) is 2.07. The molecule has 0 aromatic heterocycles. The zero-order chi connectivity index (χ0) is 14.1. The normalized spacial score (nSPS) is 19.3. The molecule has 1 aliphatic heterocycles. The summed E-state index contributed by atoms with van der Waals surface area (Å²) in [6.07, 6.45) is 1.58. The molecule has 0 atom stereocenters. The molecule has 0 bridgehead atoms. The van der Waals surface area contributed by atoms with Crippen molar-refractivity contribution in [2.75, 3.05) is 13.1 Å². The third-order valence-electron chi connectivity index (χ3n) is 3.51. The maximum Gasteiger partial charge on any atom is 0.241 e. The highest BCUT2D eigenvalue weighted by Crippen LogP contribution is 2.24. The lowest BCUT2D eigenvalue weighted by Crippen LogP contribution is -2.52. The second-order valence-corrected chi connectivity index (χ2v) is 7.41. The monoisotopic (exact) mass is 302 g/mol. The first-order valence-corrected chi connectivity index (χ1v) is 8.19. The first-order chi connectivity index (χ1) is 8.82. The maximum atomic E-state index is 12.5. The summed E-state index contributed by atoms with van der Waals surface area (Å²) in [6.45, 7) is 5.37. The topological polar surface area (TPSA) is 58.2 Å². The Morgan fingerprint density at radius 2 is 1.95 bits per heavy atom. The van der Waals surface area contributed by atoms with Crippen LogP contribution in [0.15, 0.2) is 23.1 Å². The molecule has 19 heavy (non-hydrogen) atoms. The quantitative estimate of drug-likeness (QED) is 0.898. The lowest BCUT2D eigenvalue weighted by molar-refractivity contribution is 0.308. The van der Waals surface area contributed by atoms with Crippen LogP contribution >= 0.6 is 11.6 Å². The Morgan fingerprint density at radius 1 is 1.32 bits per heavy atom. The molecule has 1 saturated heterocycles. The lowest BCUT2D eigenvalue weighted by Gasteiger charge is -2.34. The summed E-state index contributed by atoms with van der Waals surface area (Å²) in [7, 11) is -3.50. The van der Waals surface area contributed by atoms with Gasteiger partial charge in [0.15, 0.2) is 0 Å². The molecule has 0 saturated carbocycles. The van der Waals surface area contributed by atoms with E-state index < -0.39 is 10.0 Å². The summed E-state index contributed by atoms with van der Waals surface area (Å²) < 4.78 is 27.8. The third-order valence-corrected chi connectivity index (χ3v) is 5.55. The van der Waals surface area contributed by atoms with Crippen LogP contribution in [0, 0.1) is 6.92 Å². The van der Waals surface area contributed by atoms with Crippen LogP contribution in [0.5, 0.6) is 0 Å². The van der Waals surface area contributed by atoms with Gasteiger partial charge in [0.1, 0.15) is 0 Å². The van der Waals surface area contributed by atoms with Crippen LogP contribution < -0.4 is 10.0 Å². The summed E-state index contributed by atoms with van der Waals surface area (Å²) in [4.78, 5) is 0.302. The number of sulfonamides is 1. The minimum atomic E-state index is -3.50. The zero-order valence-electron chi connectivity index (χ0n) is 11.2. The lowest BCUT2D eigenvalue weighted by atomic mass is 9.92. The van der Waals surface area contributed by atoms with E-state index in [4.69, 9.17) is 11.6 Å². The molecule has 1 heterocycles. The van der Waals surface area contributed by atoms with Crippen molar-refractivity contribution in [1.29, 1.82) is 0 Å². The fourth-order valence-corrected chi connectivity index (χ4v) is 4.29. The van der Waals surface area contributed by atoms with E-state index in [2.05, 4.69) is 10.0 Å². The molecule has 1 aliphatic rings. The zero-order valence-corrected chi connectivity index (χ0v) is 12.7. The van der Waals surface area contributed by atoms with Gasteiger partial charge in [0.05, 0.1) is 4.90 Å². The first-order valence-electron chi connectivity index (χ1n) is 6.33. The Bertz CT molecular complexity index is 566. The number of halogens is 1. The molecule has 0 spiro atoms. The van der Waals surface area contributed by atoms with Crippen LogP contribution in [-0.2, 0) is 10.0 Å². The van der Waals surface area contributed by atoms with E-state index in [0.29, 0.717) is 15.5 Å². The predicted molar refractivity (Wildman–Crippen MR) is 77.0 cm³/mol. The standard InChI is InChI=1S/C13H19ClN2O2S/c1-10-9-11(14)3-4-12(10)19(17,18)16-13(2)5-7-15-8-6-13/h3-4,9,15-16H,5-8H2,1-2H3. The molecular formula is C13H19ClN2O2S. The first kappa shape index (κ1) is 14.8. The van der Waals surface area contributed by atoms with Crippen molar-refractivity contribution in [2.45, 2.75) is 37.1 Å². The number of piperidine rings is 1. The van der Waals surface area contributed by atoms with Gasteiger partial charge in [0.25, 0.3) is 0 Å². The highest BCUT2D eigenvalue weighted by Gasteiger charge is 2.32. The largest absolute Gasteiger partial charge is 0.317 e. The van der Waals surface area contributed by atoms with Crippen LogP contribution in [0.25, 0.3) is 0 Å². The molecular weight excluding hydrogens is 284 g/mol. The highest BCUT2D eigenvalue weighted by atomic mass is 35.5. The molecule has 2 N–H and O–H groups in total. The van der Waals surface area contributed by atoms with Gasteiger partial charge in [-0.05, 0) is 63.5 Å². The van der Waals surface area contributed by atoms with Crippen molar-refractivity contribution in [3.63, 3.8) is 0 Å². The summed E-state index contributed by atoms with van der Waals surface area (Å²) in [5, 5.41) is 3.78. The van der Waals surface area contributed by atoms with Crippen molar-refractivity contribution in [1.82, 2.24) is 10.0 Å². The van der Waals surface area contributed by atoms with Gasteiger partial charge in [-0.2, -0.15) is 0 Å². The van der Waals surface area contributed by atoms with Crippen LogP contribution in [0.3, 0.4) is 0 Å². The Hall–Kier alpha value is -0.620. The van der Waals surface area contributed by atoms with Gasteiger partial charge in [-0.1, -0.05) is 11.6 Å². The van der Waals surface area contributed by atoms with E-state index in [1.807, 2.05) is 6.92 Å². The molecule has 0 amide bonds. The van der Waals surface area contributed by atoms with Crippen molar-refractivity contribution in [3.05, 3.63) is 28.8 Å². The van der Waals surface area contributed by atoms with Crippen molar-refractivity contribution in [2.24, 2.45) is 0 Å². The molecule has 4 nitrogen and oxygen atoms in total. The molecule has 1 aromatic carbocycles. The Labute approximate surface area is 119 Å². The second-order valence-electron chi connectivity index (χ2n) is 5.33. The Kier molecular flexibility index (Phi) is 4.20. The van der Waals surface area contributed by atoms with Crippen molar-refractivity contribution < 1.29 is 8.42 Å². The summed E-state index contributed by atoms with van der Waals surface area (Å²) >= 11 is 5.86. The second kappa shape index (κ2) is 5.40. The van der Waals surface area contributed by atoms with E-state index in [0.717, 1.165) is 25.9 Å². The van der Waals surface area contributed by atoms with E-state index in [-0.39, 0.29) is 5.54 Å². The summed E-state index contributed by atoms with van der Waals surface area (Å²) in [5.74, 6) is 0.